The van der Waals surface area contributed by atoms with Gasteiger partial charge in [0.05, 0.1) is 23.2 Å². The van der Waals surface area contributed by atoms with Crippen molar-refractivity contribution in [2.24, 2.45) is 0 Å². The lowest BCUT2D eigenvalue weighted by molar-refractivity contribution is -0.130. The number of hydrogen-bond acceptors (Lipinski definition) is 5. The van der Waals surface area contributed by atoms with Crippen LogP contribution in [0.1, 0.15) is 12.5 Å². The zero-order valence-electron chi connectivity index (χ0n) is 17.6. The van der Waals surface area contributed by atoms with Crippen molar-refractivity contribution < 1.29 is 9.53 Å². The Morgan fingerprint density at radius 1 is 1.03 bits per heavy atom. The summed E-state index contributed by atoms with van der Waals surface area (Å²) in [6.45, 7) is 5.71. The van der Waals surface area contributed by atoms with Crippen LogP contribution < -0.4 is 9.64 Å². The van der Waals surface area contributed by atoms with Crippen molar-refractivity contribution in [3.05, 3.63) is 66.2 Å². The number of thiazole rings is 1. The number of piperazine rings is 1. The summed E-state index contributed by atoms with van der Waals surface area (Å²) in [5.74, 6) is 1.08. The lowest BCUT2D eigenvalue weighted by Crippen LogP contribution is -2.49. The molecule has 4 aromatic rings. The Hall–Kier alpha value is -3.12. The van der Waals surface area contributed by atoms with E-state index in [-0.39, 0.29) is 5.91 Å². The fraction of sp³-hybridized carbons (Fsp3) is 0.280. The molecule has 6 heteroatoms. The molecule has 5 nitrogen and oxygen atoms in total. The fourth-order valence-electron chi connectivity index (χ4n) is 4.15. The molecule has 1 aromatic heterocycles. The van der Waals surface area contributed by atoms with Crippen molar-refractivity contribution in [2.75, 3.05) is 37.7 Å². The average Bonchev–Trinajstić information content (AvgIpc) is 3.23. The number of benzene rings is 3. The highest BCUT2D eigenvalue weighted by molar-refractivity contribution is 7.22. The quantitative estimate of drug-likeness (QED) is 0.458. The first-order valence-electron chi connectivity index (χ1n) is 10.7. The van der Waals surface area contributed by atoms with Gasteiger partial charge in [0.1, 0.15) is 5.75 Å². The number of carbonyl (C=O) groups is 1. The Morgan fingerprint density at radius 3 is 2.68 bits per heavy atom. The minimum absolute atomic E-state index is 0.196. The van der Waals surface area contributed by atoms with Crippen molar-refractivity contribution in [1.82, 2.24) is 9.88 Å². The van der Waals surface area contributed by atoms with Gasteiger partial charge in [-0.15, -0.1) is 0 Å². The number of fused-ring (bicyclic) bond motifs is 2. The van der Waals surface area contributed by atoms with Crippen molar-refractivity contribution in [3.63, 3.8) is 0 Å². The molecule has 158 valence electrons. The van der Waals surface area contributed by atoms with Gasteiger partial charge in [0.2, 0.25) is 5.91 Å². The van der Waals surface area contributed by atoms with Crippen LogP contribution in [0.2, 0.25) is 0 Å². The summed E-state index contributed by atoms with van der Waals surface area (Å²) in [4.78, 5) is 22.0. The summed E-state index contributed by atoms with van der Waals surface area (Å²) in [5, 5.41) is 3.36. The number of nitrogens with zero attached hydrogens (tertiary/aromatic N) is 3. The van der Waals surface area contributed by atoms with E-state index in [9.17, 15) is 4.79 Å². The molecular weight excluding hydrogens is 406 g/mol. The van der Waals surface area contributed by atoms with Gasteiger partial charge in [-0.05, 0) is 41.5 Å². The van der Waals surface area contributed by atoms with Crippen molar-refractivity contribution >= 4 is 43.4 Å². The molecule has 1 aliphatic rings. The first-order valence-corrected chi connectivity index (χ1v) is 11.6. The van der Waals surface area contributed by atoms with Gasteiger partial charge in [0.25, 0.3) is 0 Å². The first kappa shape index (κ1) is 19.8. The third-order valence-electron chi connectivity index (χ3n) is 5.78. The molecule has 31 heavy (non-hydrogen) atoms. The van der Waals surface area contributed by atoms with E-state index in [1.807, 2.05) is 42.2 Å². The van der Waals surface area contributed by atoms with E-state index in [1.54, 1.807) is 11.3 Å². The first-order chi connectivity index (χ1) is 15.2. The third kappa shape index (κ3) is 4.08. The minimum atomic E-state index is 0.196. The van der Waals surface area contributed by atoms with Crippen LogP contribution in [0.25, 0.3) is 21.0 Å². The van der Waals surface area contributed by atoms with E-state index in [2.05, 4.69) is 35.2 Å². The van der Waals surface area contributed by atoms with Crippen LogP contribution in [0.15, 0.2) is 60.7 Å². The van der Waals surface area contributed by atoms with E-state index in [0.29, 0.717) is 13.0 Å². The van der Waals surface area contributed by atoms with Crippen LogP contribution in [0, 0.1) is 0 Å². The van der Waals surface area contributed by atoms with Gasteiger partial charge >= 0.3 is 0 Å². The molecule has 1 fully saturated rings. The molecular formula is C25H25N3O2S. The second-order valence-electron chi connectivity index (χ2n) is 7.74. The highest BCUT2D eigenvalue weighted by Crippen LogP contribution is 2.32. The summed E-state index contributed by atoms with van der Waals surface area (Å²) in [5.41, 5.74) is 2.10. The van der Waals surface area contributed by atoms with Crippen molar-refractivity contribution in [1.29, 1.82) is 0 Å². The number of anilines is 1. The number of aromatic nitrogens is 1. The maximum atomic E-state index is 13.0. The summed E-state index contributed by atoms with van der Waals surface area (Å²) in [6, 6.07) is 20.5. The second kappa shape index (κ2) is 8.55. The van der Waals surface area contributed by atoms with Crippen LogP contribution in [0.3, 0.4) is 0 Å². The number of hydrogen-bond donors (Lipinski definition) is 0. The molecule has 0 aliphatic carbocycles. The number of ether oxygens (including phenoxy) is 1. The van der Waals surface area contributed by atoms with Crippen LogP contribution >= 0.6 is 11.3 Å². The van der Waals surface area contributed by atoms with Gasteiger partial charge < -0.3 is 14.5 Å². The summed E-state index contributed by atoms with van der Waals surface area (Å²) < 4.78 is 6.74. The molecule has 0 atom stereocenters. The van der Waals surface area contributed by atoms with E-state index in [1.165, 1.54) is 5.39 Å². The molecule has 3 aromatic carbocycles. The predicted molar refractivity (Wildman–Crippen MR) is 127 cm³/mol. The second-order valence-corrected chi connectivity index (χ2v) is 8.75. The van der Waals surface area contributed by atoms with Crippen LogP contribution in [0.5, 0.6) is 5.75 Å². The van der Waals surface area contributed by atoms with E-state index in [0.717, 1.165) is 58.2 Å². The Bertz CT molecular complexity index is 1220. The standard InChI is InChI=1S/C25H25N3O2S/c1-2-30-20-10-11-22-23(17-20)31-25(26-22)28-14-12-27(13-15-28)24(29)16-19-8-5-7-18-6-3-4-9-21(18)19/h3-11,17H,2,12-16H2,1H3. The van der Waals surface area contributed by atoms with E-state index in [4.69, 9.17) is 9.72 Å². The van der Waals surface area contributed by atoms with E-state index >= 15 is 0 Å². The number of carbonyl (C=O) groups excluding carboxylic acids is 1. The highest BCUT2D eigenvalue weighted by Gasteiger charge is 2.23. The summed E-state index contributed by atoms with van der Waals surface area (Å²) in [7, 11) is 0. The fourth-order valence-corrected chi connectivity index (χ4v) is 5.20. The third-order valence-corrected chi connectivity index (χ3v) is 6.86. The number of amides is 1. The maximum absolute atomic E-state index is 13.0. The smallest absolute Gasteiger partial charge is 0.227 e. The van der Waals surface area contributed by atoms with Crippen molar-refractivity contribution in [3.8, 4) is 5.75 Å². The molecule has 1 aliphatic heterocycles. The zero-order valence-corrected chi connectivity index (χ0v) is 18.4. The van der Waals surface area contributed by atoms with Crippen LogP contribution in [0.4, 0.5) is 5.13 Å². The summed E-state index contributed by atoms with van der Waals surface area (Å²) in [6.07, 6.45) is 0.447. The largest absolute Gasteiger partial charge is 0.494 e. The van der Waals surface area contributed by atoms with Gasteiger partial charge in [0.15, 0.2) is 5.13 Å². The molecule has 0 radical (unpaired) electrons. The Morgan fingerprint density at radius 2 is 1.84 bits per heavy atom. The molecule has 5 rings (SSSR count). The van der Waals surface area contributed by atoms with Crippen molar-refractivity contribution in [2.45, 2.75) is 13.3 Å². The normalized spacial score (nSPS) is 14.4. The predicted octanol–water partition coefficient (Wildman–Crippen LogP) is 4.74. The Balaban J connectivity index is 1.25. The zero-order chi connectivity index (χ0) is 21.2. The average molecular weight is 432 g/mol. The van der Waals surface area contributed by atoms with Crippen LogP contribution in [-0.4, -0.2) is 48.6 Å². The lowest BCUT2D eigenvalue weighted by Gasteiger charge is -2.34. The highest BCUT2D eigenvalue weighted by atomic mass is 32.1. The van der Waals surface area contributed by atoms with Crippen LogP contribution in [-0.2, 0) is 11.2 Å². The maximum Gasteiger partial charge on any atom is 0.227 e. The topological polar surface area (TPSA) is 45.7 Å². The molecule has 1 saturated heterocycles. The van der Waals surface area contributed by atoms with Gasteiger partial charge in [-0.3, -0.25) is 4.79 Å². The van der Waals surface area contributed by atoms with Gasteiger partial charge in [-0.25, -0.2) is 4.98 Å². The summed E-state index contributed by atoms with van der Waals surface area (Å²) >= 11 is 1.69. The molecule has 0 unspecified atom stereocenters. The lowest BCUT2D eigenvalue weighted by atomic mass is 10.0. The molecule has 0 saturated carbocycles. The molecule has 0 spiro atoms. The molecule has 0 N–H and O–H groups in total. The Kier molecular flexibility index (Phi) is 5.47. The van der Waals surface area contributed by atoms with Gasteiger partial charge in [-0.1, -0.05) is 53.8 Å². The SMILES string of the molecule is CCOc1ccc2nc(N3CCN(C(=O)Cc4cccc5ccccc45)CC3)sc2c1. The number of rotatable bonds is 5. The van der Waals surface area contributed by atoms with E-state index < -0.39 is 0 Å². The van der Waals surface area contributed by atoms with Gasteiger partial charge in [-0.2, -0.15) is 0 Å². The Labute approximate surface area is 185 Å². The monoisotopic (exact) mass is 431 g/mol. The minimum Gasteiger partial charge on any atom is -0.494 e. The molecule has 1 amide bonds. The molecule has 0 bridgehead atoms. The van der Waals surface area contributed by atoms with Gasteiger partial charge in [0, 0.05) is 26.2 Å². The molecule has 2 heterocycles.